The predicted octanol–water partition coefficient (Wildman–Crippen LogP) is 3.47. The van der Waals surface area contributed by atoms with Crippen LogP contribution in [0.5, 0.6) is 0 Å². The van der Waals surface area contributed by atoms with E-state index in [1.54, 1.807) is 12.1 Å². The molecule has 0 aliphatic heterocycles. The highest BCUT2D eigenvalue weighted by Crippen LogP contribution is 2.39. The summed E-state index contributed by atoms with van der Waals surface area (Å²) in [6.07, 6.45) is 2.74. The van der Waals surface area contributed by atoms with E-state index in [4.69, 9.17) is 0 Å². The van der Waals surface area contributed by atoms with Gasteiger partial charge in [-0.3, -0.25) is 4.79 Å². The Balaban J connectivity index is 1.78. The van der Waals surface area contributed by atoms with Gasteiger partial charge in [-0.15, -0.1) is 11.3 Å². The van der Waals surface area contributed by atoms with Gasteiger partial charge < -0.3 is 5.32 Å². The van der Waals surface area contributed by atoms with Crippen molar-refractivity contribution < 1.29 is 13.2 Å². The smallest absolute Gasteiger partial charge is 0.240 e. The number of carbonyl (C=O) groups excluding carboxylic acids is 1. The molecule has 1 amide bonds. The van der Waals surface area contributed by atoms with Crippen molar-refractivity contribution in [3.63, 3.8) is 0 Å². The molecule has 3 rings (SSSR count). The lowest BCUT2D eigenvalue weighted by molar-refractivity contribution is -0.113. The van der Waals surface area contributed by atoms with Crippen LogP contribution >= 0.6 is 11.3 Å². The van der Waals surface area contributed by atoms with E-state index in [1.807, 2.05) is 6.92 Å². The standard InChI is InChI=1S/C19H20N2O3S2/c1-12-3-6-14(7-4-12)26(23,24)11-18(22)21-19-16(10-20)15-8-5-13(2)9-17(15)25-19/h3-4,6-7,13H,5,8-9,11H2,1-2H3,(H,21,22)/t13-/m1/s1. The number of nitrogens with one attached hydrogen (secondary N) is 1. The van der Waals surface area contributed by atoms with Crippen LogP contribution in [0.3, 0.4) is 0 Å². The summed E-state index contributed by atoms with van der Waals surface area (Å²) in [5.74, 6) is -0.702. The molecule has 1 aliphatic carbocycles. The third-order valence-corrected chi connectivity index (χ3v) is 7.38. The predicted molar refractivity (Wildman–Crippen MR) is 102 cm³/mol. The van der Waals surface area contributed by atoms with Crippen molar-refractivity contribution in [2.75, 3.05) is 11.1 Å². The number of fused-ring (bicyclic) bond motifs is 1. The third kappa shape index (κ3) is 3.81. The molecule has 136 valence electrons. The Bertz CT molecular complexity index is 983. The highest BCUT2D eigenvalue weighted by Gasteiger charge is 2.26. The average Bonchev–Trinajstić information content (AvgIpc) is 2.90. The topological polar surface area (TPSA) is 87.0 Å². The summed E-state index contributed by atoms with van der Waals surface area (Å²) in [5, 5.41) is 12.6. The lowest BCUT2D eigenvalue weighted by Gasteiger charge is -2.17. The minimum atomic E-state index is -3.72. The molecule has 0 spiro atoms. The Kier molecular flexibility index (Phi) is 5.17. The van der Waals surface area contributed by atoms with E-state index in [0.29, 0.717) is 16.5 Å². The molecule has 0 radical (unpaired) electrons. The number of anilines is 1. The number of rotatable bonds is 4. The number of nitrogens with zero attached hydrogens (tertiary/aromatic N) is 1. The van der Waals surface area contributed by atoms with Crippen LogP contribution in [-0.2, 0) is 27.5 Å². The van der Waals surface area contributed by atoms with E-state index in [2.05, 4.69) is 18.3 Å². The molecule has 1 aromatic carbocycles. The number of sulfone groups is 1. The first-order valence-electron chi connectivity index (χ1n) is 8.44. The zero-order valence-electron chi connectivity index (χ0n) is 14.7. The molecule has 1 aliphatic rings. The summed E-state index contributed by atoms with van der Waals surface area (Å²) in [7, 11) is -3.72. The molecule has 0 saturated carbocycles. The number of carbonyl (C=O) groups is 1. The molecule has 26 heavy (non-hydrogen) atoms. The summed E-state index contributed by atoms with van der Waals surface area (Å²) in [6.45, 7) is 4.03. The Morgan fingerprint density at radius 3 is 2.69 bits per heavy atom. The van der Waals surface area contributed by atoms with Crippen molar-refractivity contribution >= 4 is 32.1 Å². The van der Waals surface area contributed by atoms with Crippen LogP contribution in [0.4, 0.5) is 5.00 Å². The van der Waals surface area contributed by atoms with Gasteiger partial charge in [0.05, 0.1) is 10.5 Å². The zero-order chi connectivity index (χ0) is 18.9. The van der Waals surface area contributed by atoms with Gasteiger partial charge in [0.15, 0.2) is 9.84 Å². The highest BCUT2D eigenvalue weighted by molar-refractivity contribution is 7.92. The first-order valence-corrected chi connectivity index (χ1v) is 10.9. The summed E-state index contributed by atoms with van der Waals surface area (Å²) in [4.78, 5) is 13.6. The molecule has 1 N–H and O–H groups in total. The molecular formula is C19H20N2O3S2. The summed E-state index contributed by atoms with van der Waals surface area (Å²) >= 11 is 1.39. The minimum absolute atomic E-state index is 0.123. The third-order valence-electron chi connectivity index (χ3n) is 4.58. The molecule has 0 bridgehead atoms. The number of amides is 1. The lowest BCUT2D eigenvalue weighted by atomic mass is 9.89. The van der Waals surface area contributed by atoms with Crippen LogP contribution in [0.25, 0.3) is 0 Å². The quantitative estimate of drug-likeness (QED) is 0.869. The molecule has 1 heterocycles. The van der Waals surface area contributed by atoms with E-state index in [-0.39, 0.29) is 4.90 Å². The maximum absolute atomic E-state index is 12.4. The van der Waals surface area contributed by atoms with Gasteiger partial charge in [-0.2, -0.15) is 5.26 Å². The fourth-order valence-electron chi connectivity index (χ4n) is 3.12. The van der Waals surface area contributed by atoms with Gasteiger partial charge >= 0.3 is 0 Å². The van der Waals surface area contributed by atoms with Gasteiger partial charge in [0.1, 0.15) is 16.8 Å². The van der Waals surface area contributed by atoms with Crippen molar-refractivity contribution in [3.05, 3.63) is 45.8 Å². The number of benzene rings is 1. The van der Waals surface area contributed by atoms with Gasteiger partial charge in [-0.05, 0) is 49.8 Å². The van der Waals surface area contributed by atoms with E-state index in [0.717, 1.165) is 35.3 Å². The highest BCUT2D eigenvalue weighted by atomic mass is 32.2. The van der Waals surface area contributed by atoms with Crippen molar-refractivity contribution in [3.8, 4) is 6.07 Å². The van der Waals surface area contributed by atoms with Crippen LogP contribution in [0, 0.1) is 24.2 Å². The SMILES string of the molecule is Cc1ccc(S(=O)(=O)CC(=O)Nc2sc3c(c2C#N)CC[C@@H](C)C3)cc1. The summed E-state index contributed by atoms with van der Waals surface area (Å²) < 4.78 is 24.8. The fourth-order valence-corrected chi connectivity index (χ4v) is 5.63. The Morgan fingerprint density at radius 2 is 2.04 bits per heavy atom. The van der Waals surface area contributed by atoms with Crippen LogP contribution in [0.15, 0.2) is 29.2 Å². The van der Waals surface area contributed by atoms with Gasteiger partial charge in [0, 0.05) is 4.88 Å². The summed E-state index contributed by atoms with van der Waals surface area (Å²) in [6, 6.07) is 8.58. The van der Waals surface area contributed by atoms with Crippen LogP contribution in [-0.4, -0.2) is 20.1 Å². The van der Waals surface area contributed by atoms with Gasteiger partial charge in [-0.25, -0.2) is 8.42 Å². The van der Waals surface area contributed by atoms with Crippen LogP contribution < -0.4 is 5.32 Å². The van der Waals surface area contributed by atoms with E-state index >= 15 is 0 Å². The van der Waals surface area contributed by atoms with Gasteiger partial charge in [0.25, 0.3) is 0 Å². The molecule has 0 fully saturated rings. The molecule has 5 nitrogen and oxygen atoms in total. The molecule has 0 unspecified atom stereocenters. The van der Waals surface area contributed by atoms with E-state index < -0.39 is 21.5 Å². The van der Waals surface area contributed by atoms with Crippen LogP contribution in [0.1, 0.15) is 34.9 Å². The molecule has 1 aromatic heterocycles. The molecule has 1 atom stereocenters. The lowest BCUT2D eigenvalue weighted by Crippen LogP contribution is -2.23. The number of hydrogen-bond acceptors (Lipinski definition) is 5. The van der Waals surface area contributed by atoms with Gasteiger partial charge in [-0.1, -0.05) is 24.6 Å². The second-order valence-electron chi connectivity index (χ2n) is 6.79. The molecular weight excluding hydrogens is 368 g/mol. The fraction of sp³-hybridized carbons (Fsp3) is 0.368. The number of aryl methyl sites for hydroxylation is 1. The number of thiophene rings is 1. The van der Waals surface area contributed by atoms with E-state index in [1.165, 1.54) is 23.5 Å². The average molecular weight is 389 g/mol. The number of hydrogen-bond donors (Lipinski definition) is 1. The Morgan fingerprint density at radius 1 is 1.35 bits per heavy atom. The maximum atomic E-state index is 12.4. The first kappa shape index (κ1) is 18.6. The van der Waals surface area contributed by atoms with Crippen molar-refractivity contribution in [2.24, 2.45) is 5.92 Å². The summed E-state index contributed by atoms with van der Waals surface area (Å²) in [5.41, 5.74) is 2.44. The second-order valence-corrected chi connectivity index (χ2v) is 9.88. The Hall–Kier alpha value is -2.17. The monoisotopic (exact) mass is 388 g/mol. The molecule has 2 aromatic rings. The van der Waals surface area contributed by atoms with E-state index in [9.17, 15) is 18.5 Å². The van der Waals surface area contributed by atoms with Crippen molar-refractivity contribution in [1.82, 2.24) is 0 Å². The van der Waals surface area contributed by atoms with Crippen molar-refractivity contribution in [1.29, 1.82) is 5.26 Å². The molecule has 0 saturated heterocycles. The molecule has 7 heteroatoms. The number of nitriles is 1. The van der Waals surface area contributed by atoms with Crippen LogP contribution in [0.2, 0.25) is 0 Å². The normalized spacial score (nSPS) is 16.6. The van der Waals surface area contributed by atoms with Crippen molar-refractivity contribution in [2.45, 2.75) is 38.0 Å². The second kappa shape index (κ2) is 7.22. The first-order chi connectivity index (χ1) is 12.3. The zero-order valence-corrected chi connectivity index (χ0v) is 16.3. The minimum Gasteiger partial charge on any atom is -0.316 e. The Labute approximate surface area is 157 Å². The largest absolute Gasteiger partial charge is 0.316 e. The van der Waals surface area contributed by atoms with Gasteiger partial charge in [0.2, 0.25) is 5.91 Å². The maximum Gasteiger partial charge on any atom is 0.240 e.